The van der Waals surface area contributed by atoms with Crippen molar-refractivity contribution >= 4 is 17.4 Å². The SMILES string of the molecule is Cc1ccc(-c2nnc(SCc3ccccc3[N+](=O)[O-])n2C)cc1. The van der Waals surface area contributed by atoms with E-state index in [1.807, 2.05) is 42.8 Å². The quantitative estimate of drug-likeness (QED) is 0.399. The maximum Gasteiger partial charge on any atom is 0.273 e. The van der Waals surface area contributed by atoms with Crippen LogP contribution in [0, 0.1) is 17.0 Å². The molecule has 3 aromatic rings. The Morgan fingerprint density at radius 3 is 2.54 bits per heavy atom. The van der Waals surface area contributed by atoms with Crippen LogP contribution in [0.4, 0.5) is 5.69 Å². The number of hydrogen-bond donors (Lipinski definition) is 0. The fourth-order valence-electron chi connectivity index (χ4n) is 2.35. The molecule has 0 bridgehead atoms. The summed E-state index contributed by atoms with van der Waals surface area (Å²) in [5, 5.41) is 20.3. The second kappa shape index (κ2) is 6.84. The van der Waals surface area contributed by atoms with Gasteiger partial charge in [0.05, 0.1) is 4.92 Å². The first-order valence-electron chi connectivity index (χ1n) is 7.38. The Labute approximate surface area is 143 Å². The Bertz CT molecular complexity index is 875. The van der Waals surface area contributed by atoms with Gasteiger partial charge in [-0.3, -0.25) is 10.1 Å². The zero-order valence-electron chi connectivity index (χ0n) is 13.3. The lowest BCUT2D eigenvalue weighted by Gasteiger charge is -2.05. The number of nitro benzene ring substituents is 1. The second-order valence-corrected chi connectivity index (χ2v) is 6.35. The number of nitro groups is 1. The van der Waals surface area contributed by atoms with E-state index in [-0.39, 0.29) is 10.6 Å². The molecular weight excluding hydrogens is 324 g/mol. The molecule has 0 fully saturated rings. The minimum Gasteiger partial charge on any atom is -0.305 e. The molecule has 0 aliphatic rings. The van der Waals surface area contributed by atoms with Crippen molar-refractivity contribution in [2.75, 3.05) is 0 Å². The smallest absolute Gasteiger partial charge is 0.273 e. The molecule has 0 spiro atoms. The maximum absolute atomic E-state index is 11.1. The topological polar surface area (TPSA) is 73.8 Å². The second-order valence-electron chi connectivity index (χ2n) is 5.41. The van der Waals surface area contributed by atoms with Crippen LogP contribution < -0.4 is 0 Å². The lowest BCUT2D eigenvalue weighted by molar-refractivity contribution is -0.385. The van der Waals surface area contributed by atoms with Crippen molar-refractivity contribution in [1.82, 2.24) is 14.8 Å². The van der Waals surface area contributed by atoms with E-state index in [0.717, 1.165) is 16.5 Å². The van der Waals surface area contributed by atoms with Crippen LogP contribution in [0.25, 0.3) is 11.4 Å². The van der Waals surface area contributed by atoms with E-state index in [1.54, 1.807) is 18.2 Å². The van der Waals surface area contributed by atoms with Crippen LogP contribution in [-0.4, -0.2) is 19.7 Å². The fraction of sp³-hybridized carbons (Fsp3) is 0.176. The van der Waals surface area contributed by atoms with Gasteiger partial charge >= 0.3 is 0 Å². The summed E-state index contributed by atoms with van der Waals surface area (Å²) in [4.78, 5) is 10.7. The molecule has 0 amide bonds. The van der Waals surface area contributed by atoms with E-state index in [1.165, 1.54) is 23.4 Å². The van der Waals surface area contributed by atoms with Gasteiger partial charge in [-0.1, -0.05) is 59.8 Å². The molecule has 0 saturated heterocycles. The zero-order valence-corrected chi connectivity index (χ0v) is 14.2. The van der Waals surface area contributed by atoms with Gasteiger partial charge < -0.3 is 4.57 Å². The summed E-state index contributed by atoms with van der Waals surface area (Å²) >= 11 is 1.44. The van der Waals surface area contributed by atoms with Crippen molar-refractivity contribution in [3.05, 3.63) is 69.8 Å². The number of benzene rings is 2. The summed E-state index contributed by atoms with van der Waals surface area (Å²) in [7, 11) is 1.90. The molecule has 2 aromatic carbocycles. The van der Waals surface area contributed by atoms with Crippen molar-refractivity contribution in [2.45, 2.75) is 17.8 Å². The largest absolute Gasteiger partial charge is 0.305 e. The van der Waals surface area contributed by atoms with Gasteiger partial charge in [0.25, 0.3) is 5.69 Å². The highest BCUT2D eigenvalue weighted by molar-refractivity contribution is 7.98. The molecule has 122 valence electrons. The van der Waals surface area contributed by atoms with Crippen molar-refractivity contribution in [2.24, 2.45) is 7.05 Å². The first-order chi connectivity index (χ1) is 11.6. The van der Waals surface area contributed by atoms with E-state index in [0.29, 0.717) is 11.3 Å². The number of aryl methyl sites for hydroxylation is 1. The van der Waals surface area contributed by atoms with Gasteiger partial charge in [-0.2, -0.15) is 0 Å². The lowest BCUT2D eigenvalue weighted by Crippen LogP contribution is -1.97. The summed E-state index contributed by atoms with van der Waals surface area (Å²) < 4.78 is 1.91. The molecule has 24 heavy (non-hydrogen) atoms. The summed E-state index contributed by atoms with van der Waals surface area (Å²) in [5.74, 6) is 1.25. The zero-order chi connectivity index (χ0) is 17.1. The molecule has 0 aliphatic heterocycles. The third-order valence-electron chi connectivity index (χ3n) is 3.69. The number of para-hydroxylation sites is 1. The van der Waals surface area contributed by atoms with Crippen LogP contribution in [0.3, 0.4) is 0 Å². The molecule has 0 radical (unpaired) electrons. The van der Waals surface area contributed by atoms with Gasteiger partial charge in [0, 0.05) is 30.0 Å². The molecule has 0 aliphatic carbocycles. The summed E-state index contributed by atoms with van der Waals surface area (Å²) in [6.45, 7) is 2.04. The van der Waals surface area contributed by atoms with Gasteiger partial charge in [0.2, 0.25) is 0 Å². The first kappa shape index (κ1) is 16.2. The molecule has 7 heteroatoms. The number of aromatic nitrogens is 3. The predicted molar refractivity (Wildman–Crippen MR) is 93.8 cm³/mol. The first-order valence-corrected chi connectivity index (χ1v) is 8.36. The Balaban J connectivity index is 1.80. The third kappa shape index (κ3) is 3.30. The standard InChI is InChI=1S/C17H16N4O2S/c1-12-7-9-13(10-8-12)16-18-19-17(20(16)2)24-11-14-5-3-4-6-15(14)21(22)23/h3-10H,11H2,1-2H3. The molecule has 0 unspecified atom stereocenters. The summed E-state index contributed by atoms with van der Waals surface area (Å²) in [6, 6.07) is 14.8. The fourth-order valence-corrected chi connectivity index (χ4v) is 3.26. The van der Waals surface area contributed by atoms with E-state index >= 15 is 0 Å². The Morgan fingerprint density at radius 2 is 1.83 bits per heavy atom. The lowest BCUT2D eigenvalue weighted by atomic mass is 10.1. The number of thioether (sulfide) groups is 1. The Morgan fingerprint density at radius 1 is 1.12 bits per heavy atom. The molecule has 0 N–H and O–H groups in total. The summed E-state index contributed by atoms with van der Waals surface area (Å²) in [6.07, 6.45) is 0. The van der Waals surface area contributed by atoms with Crippen molar-refractivity contribution < 1.29 is 4.92 Å². The van der Waals surface area contributed by atoms with Crippen LogP contribution in [-0.2, 0) is 12.8 Å². The predicted octanol–water partition coefficient (Wildman–Crippen LogP) is 3.99. The van der Waals surface area contributed by atoms with E-state index < -0.39 is 0 Å². The van der Waals surface area contributed by atoms with Crippen LogP contribution in [0.5, 0.6) is 0 Å². The number of rotatable bonds is 5. The van der Waals surface area contributed by atoms with Gasteiger partial charge in [-0.15, -0.1) is 10.2 Å². The highest BCUT2D eigenvalue weighted by Crippen LogP contribution is 2.28. The average Bonchev–Trinajstić information content (AvgIpc) is 2.95. The van der Waals surface area contributed by atoms with Crippen molar-refractivity contribution in [3.63, 3.8) is 0 Å². The van der Waals surface area contributed by atoms with Gasteiger partial charge in [0.15, 0.2) is 11.0 Å². The molecule has 1 aromatic heterocycles. The van der Waals surface area contributed by atoms with Gasteiger partial charge in [-0.25, -0.2) is 0 Å². The van der Waals surface area contributed by atoms with Crippen molar-refractivity contribution in [3.8, 4) is 11.4 Å². The monoisotopic (exact) mass is 340 g/mol. The molecule has 1 heterocycles. The van der Waals surface area contributed by atoms with E-state index in [4.69, 9.17) is 0 Å². The molecule has 3 rings (SSSR count). The third-order valence-corrected chi connectivity index (χ3v) is 4.76. The average molecular weight is 340 g/mol. The minimum atomic E-state index is -0.357. The highest BCUT2D eigenvalue weighted by Gasteiger charge is 2.15. The molecule has 6 nitrogen and oxygen atoms in total. The maximum atomic E-state index is 11.1. The van der Waals surface area contributed by atoms with Crippen LogP contribution in [0.2, 0.25) is 0 Å². The molecule has 0 atom stereocenters. The molecule has 0 saturated carbocycles. The highest BCUT2D eigenvalue weighted by atomic mass is 32.2. The molecular formula is C17H16N4O2S. The number of nitrogens with zero attached hydrogens (tertiary/aromatic N) is 4. The minimum absolute atomic E-state index is 0.130. The Hall–Kier alpha value is -2.67. The number of hydrogen-bond acceptors (Lipinski definition) is 5. The normalized spacial score (nSPS) is 10.8. The van der Waals surface area contributed by atoms with E-state index in [2.05, 4.69) is 10.2 Å². The van der Waals surface area contributed by atoms with Crippen molar-refractivity contribution in [1.29, 1.82) is 0 Å². The van der Waals surface area contributed by atoms with Gasteiger partial charge in [-0.05, 0) is 6.92 Å². The van der Waals surface area contributed by atoms with Crippen LogP contribution in [0.1, 0.15) is 11.1 Å². The summed E-state index contributed by atoms with van der Waals surface area (Å²) in [5.41, 5.74) is 2.98. The van der Waals surface area contributed by atoms with Crippen LogP contribution in [0.15, 0.2) is 53.7 Å². The van der Waals surface area contributed by atoms with Gasteiger partial charge in [0.1, 0.15) is 0 Å². The van der Waals surface area contributed by atoms with Crippen LogP contribution >= 0.6 is 11.8 Å². The van der Waals surface area contributed by atoms with E-state index in [9.17, 15) is 10.1 Å². The Kier molecular flexibility index (Phi) is 4.61.